The van der Waals surface area contributed by atoms with E-state index in [0.717, 1.165) is 14.1 Å². The molecular formula is C15H10BrFN2OS2. The standard InChI is InChI=1S/C15H10BrFN2OS2/c16-9-1-4-11(5-2-9)21-8-14(20)19-15-18-12-6-3-10(17)7-13(12)22-15/h1-7H,8H2,(H,18,19,20). The van der Waals surface area contributed by atoms with Gasteiger partial charge in [-0.2, -0.15) is 0 Å². The molecule has 22 heavy (non-hydrogen) atoms. The first-order chi connectivity index (χ1) is 10.6. The van der Waals surface area contributed by atoms with Crippen molar-refractivity contribution in [2.75, 3.05) is 11.1 Å². The van der Waals surface area contributed by atoms with Gasteiger partial charge in [-0.25, -0.2) is 9.37 Å². The molecule has 0 spiro atoms. The normalized spacial score (nSPS) is 10.8. The number of benzene rings is 2. The van der Waals surface area contributed by atoms with E-state index in [0.29, 0.717) is 16.4 Å². The molecule has 0 radical (unpaired) electrons. The van der Waals surface area contributed by atoms with E-state index in [4.69, 9.17) is 0 Å². The predicted molar refractivity (Wildman–Crippen MR) is 93.1 cm³/mol. The number of hydrogen-bond acceptors (Lipinski definition) is 4. The van der Waals surface area contributed by atoms with Gasteiger partial charge in [-0.05, 0) is 42.5 Å². The van der Waals surface area contributed by atoms with Crippen LogP contribution >= 0.6 is 39.0 Å². The van der Waals surface area contributed by atoms with Crippen LogP contribution in [0.3, 0.4) is 0 Å². The number of carbonyl (C=O) groups excluding carboxylic acids is 1. The molecule has 0 unspecified atom stereocenters. The van der Waals surface area contributed by atoms with Crippen molar-refractivity contribution < 1.29 is 9.18 Å². The SMILES string of the molecule is O=C(CSc1ccc(Br)cc1)Nc1nc2ccc(F)cc2s1. The first-order valence-electron chi connectivity index (χ1n) is 6.34. The fourth-order valence-electron chi connectivity index (χ4n) is 1.79. The van der Waals surface area contributed by atoms with Crippen molar-refractivity contribution in [2.45, 2.75) is 4.90 Å². The third-order valence-corrected chi connectivity index (χ3v) is 5.25. The molecule has 1 amide bonds. The minimum atomic E-state index is -0.306. The fraction of sp³-hybridized carbons (Fsp3) is 0.0667. The molecule has 0 aliphatic carbocycles. The predicted octanol–water partition coefficient (Wildman–Crippen LogP) is 4.93. The summed E-state index contributed by atoms with van der Waals surface area (Å²) in [5.41, 5.74) is 0.683. The molecule has 0 aliphatic rings. The molecule has 0 atom stereocenters. The van der Waals surface area contributed by atoms with E-state index in [1.165, 1.54) is 35.2 Å². The van der Waals surface area contributed by atoms with Gasteiger partial charge in [0.2, 0.25) is 5.91 Å². The number of halogens is 2. The number of rotatable bonds is 4. The van der Waals surface area contributed by atoms with Crippen LogP contribution in [0.25, 0.3) is 10.2 Å². The lowest BCUT2D eigenvalue weighted by molar-refractivity contribution is -0.113. The van der Waals surface area contributed by atoms with Crippen molar-refractivity contribution in [3.8, 4) is 0 Å². The van der Waals surface area contributed by atoms with Gasteiger partial charge in [0.1, 0.15) is 5.82 Å². The van der Waals surface area contributed by atoms with E-state index in [2.05, 4.69) is 26.2 Å². The van der Waals surface area contributed by atoms with Crippen molar-refractivity contribution in [1.29, 1.82) is 0 Å². The molecule has 1 aromatic heterocycles. The van der Waals surface area contributed by atoms with Crippen molar-refractivity contribution >= 4 is 60.3 Å². The molecule has 0 aliphatic heterocycles. The highest BCUT2D eigenvalue weighted by Crippen LogP contribution is 2.27. The molecule has 0 saturated heterocycles. The largest absolute Gasteiger partial charge is 0.301 e. The van der Waals surface area contributed by atoms with Crippen molar-refractivity contribution in [2.24, 2.45) is 0 Å². The molecule has 1 heterocycles. The van der Waals surface area contributed by atoms with E-state index < -0.39 is 0 Å². The van der Waals surface area contributed by atoms with Crippen LogP contribution in [0.1, 0.15) is 0 Å². The summed E-state index contributed by atoms with van der Waals surface area (Å²) >= 11 is 6.08. The fourth-order valence-corrected chi connectivity index (χ4v) is 3.66. The van der Waals surface area contributed by atoms with Crippen LogP contribution in [0.2, 0.25) is 0 Å². The maximum Gasteiger partial charge on any atom is 0.236 e. The summed E-state index contributed by atoms with van der Waals surface area (Å²) in [6.45, 7) is 0. The average Bonchev–Trinajstić information content (AvgIpc) is 2.88. The quantitative estimate of drug-likeness (QED) is 0.635. The first-order valence-corrected chi connectivity index (χ1v) is 8.94. The van der Waals surface area contributed by atoms with Gasteiger partial charge < -0.3 is 5.32 Å². The van der Waals surface area contributed by atoms with E-state index >= 15 is 0 Å². The molecule has 3 rings (SSSR count). The Hall–Kier alpha value is -1.44. The molecule has 0 bridgehead atoms. The Morgan fingerprint density at radius 1 is 1.27 bits per heavy atom. The number of fused-ring (bicyclic) bond motifs is 1. The Morgan fingerprint density at radius 3 is 2.82 bits per heavy atom. The lowest BCUT2D eigenvalue weighted by Crippen LogP contribution is -2.13. The Labute approximate surface area is 143 Å². The smallest absolute Gasteiger partial charge is 0.236 e. The van der Waals surface area contributed by atoms with Gasteiger partial charge in [-0.15, -0.1) is 11.8 Å². The van der Waals surface area contributed by atoms with Crippen LogP contribution in [0.15, 0.2) is 51.8 Å². The van der Waals surface area contributed by atoms with E-state index in [1.54, 1.807) is 6.07 Å². The lowest BCUT2D eigenvalue weighted by Gasteiger charge is -2.02. The van der Waals surface area contributed by atoms with Gasteiger partial charge in [0.15, 0.2) is 5.13 Å². The molecule has 0 saturated carbocycles. The number of thioether (sulfide) groups is 1. The van der Waals surface area contributed by atoms with Gasteiger partial charge >= 0.3 is 0 Å². The maximum atomic E-state index is 13.1. The van der Waals surface area contributed by atoms with Gasteiger partial charge in [-0.1, -0.05) is 27.3 Å². The second-order valence-corrected chi connectivity index (χ2v) is 7.42. The number of anilines is 1. The second-order valence-electron chi connectivity index (χ2n) is 4.42. The van der Waals surface area contributed by atoms with Crippen LogP contribution < -0.4 is 5.32 Å². The van der Waals surface area contributed by atoms with Gasteiger partial charge in [0, 0.05) is 9.37 Å². The second kappa shape index (κ2) is 6.76. The first kappa shape index (κ1) is 15.5. The van der Waals surface area contributed by atoms with Crippen LogP contribution in [0, 0.1) is 5.82 Å². The summed E-state index contributed by atoms with van der Waals surface area (Å²) < 4.78 is 14.9. The van der Waals surface area contributed by atoms with Crippen molar-refractivity contribution in [3.63, 3.8) is 0 Å². The minimum Gasteiger partial charge on any atom is -0.301 e. The molecule has 3 nitrogen and oxygen atoms in total. The lowest BCUT2D eigenvalue weighted by atomic mass is 10.3. The monoisotopic (exact) mass is 396 g/mol. The Bertz CT molecular complexity index is 820. The number of nitrogens with zero attached hydrogens (tertiary/aromatic N) is 1. The maximum absolute atomic E-state index is 13.1. The molecule has 7 heteroatoms. The van der Waals surface area contributed by atoms with Crippen LogP contribution in [0.4, 0.5) is 9.52 Å². The zero-order valence-electron chi connectivity index (χ0n) is 11.2. The van der Waals surface area contributed by atoms with Crippen LogP contribution in [0.5, 0.6) is 0 Å². The highest BCUT2D eigenvalue weighted by molar-refractivity contribution is 9.10. The average molecular weight is 397 g/mol. The number of amides is 1. The number of nitrogens with one attached hydrogen (secondary N) is 1. The minimum absolute atomic E-state index is 0.132. The van der Waals surface area contributed by atoms with Gasteiger partial charge in [-0.3, -0.25) is 4.79 Å². The summed E-state index contributed by atoms with van der Waals surface area (Å²) in [5, 5.41) is 3.24. The summed E-state index contributed by atoms with van der Waals surface area (Å²) in [7, 11) is 0. The Kier molecular flexibility index (Phi) is 4.75. The van der Waals surface area contributed by atoms with Gasteiger partial charge in [0.05, 0.1) is 16.0 Å². The molecule has 2 aromatic carbocycles. The zero-order valence-corrected chi connectivity index (χ0v) is 14.4. The van der Waals surface area contributed by atoms with Gasteiger partial charge in [0.25, 0.3) is 0 Å². The topological polar surface area (TPSA) is 42.0 Å². The van der Waals surface area contributed by atoms with Crippen molar-refractivity contribution in [3.05, 3.63) is 52.8 Å². The number of thiazole rings is 1. The number of carbonyl (C=O) groups is 1. The van der Waals surface area contributed by atoms with Crippen LogP contribution in [-0.2, 0) is 4.79 Å². The van der Waals surface area contributed by atoms with E-state index in [-0.39, 0.29) is 11.7 Å². The summed E-state index contributed by atoms with van der Waals surface area (Å²) in [6.07, 6.45) is 0. The molecule has 0 fully saturated rings. The summed E-state index contributed by atoms with van der Waals surface area (Å²) in [6, 6.07) is 12.1. The highest BCUT2D eigenvalue weighted by atomic mass is 79.9. The Balaban J connectivity index is 1.61. The molecular weight excluding hydrogens is 387 g/mol. The summed E-state index contributed by atoms with van der Waals surface area (Å²) in [5.74, 6) is -0.140. The number of aromatic nitrogens is 1. The third kappa shape index (κ3) is 3.85. The van der Waals surface area contributed by atoms with Crippen molar-refractivity contribution in [1.82, 2.24) is 4.98 Å². The zero-order chi connectivity index (χ0) is 15.5. The Morgan fingerprint density at radius 2 is 2.05 bits per heavy atom. The molecule has 112 valence electrons. The van der Waals surface area contributed by atoms with E-state index in [1.807, 2.05) is 24.3 Å². The molecule has 3 aromatic rings. The van der Waals surface area contributed by atoms with Crippen LogP contribution in [-0.4, -0.2) is 16.6 Å². The third-order valence-electron chi connectivity index (χ3n) is 2.78. The van der Waals surface area contributed by atoms with E-state index in [9.17, 15) is 9.18 Å². The highest BCUT2D eigenvalue weighted by Gasteiger charge is 2.09. The molecule has 1 N–H and O–H groups in total. The summed E-state index contributed by atoms with van der Waals surface area (Å²) in [4.78, 5) is 17.2. The number of hydrogen-bond donors (Lipinski definition) is 1.